The van der Waals surface area contributed by atoms with Crippen molar-refractivity contribution in [1.29, 1.82) is 5.41 Å². The molecular formula is C20H26N8O. The topological polar surface area (TPSA) is 113 Å². The van der Waals surface area contributed by atoms with Gasteiger partial charge in [0.25, 0.3) is 0 Å². The molecule has 0 aliphatic carbocycles. The van der Waals surface area contributed by atoms with Gasteiger partial charge in [-0.15, -0.1) is 10.2 Å². The molecule has 0 amide bonds. The molecule has 0 unspecified atom stereocenters. The highest BCUT2D eigenvalue weighted by atomic mass is 16.5. The van der Waals surface area contributed by atoms with Crippen molar-refractivity contribution in [2.75, 3.05) is 19.5 Å². The lowest BCUT2D eigenvalue weighted by Crippen LogP contribution is -2.22. The van der Waals surface area contributed by atoms with Gasteiger partial charge in [-0.2, -0.15) is 0 Å². The van der Waals surface area contributed by atoms with Crippen LogP contribution in [-0.2, 0) is 11.2 Å². The molecule has 0 fully saturated rings. The summed E-state index contributed by atoms with van der Waals surface area (Å²) in [7, 11) is 3.49. The smallest absolute Gasteiger partial charge is 0.228 e. The van der Waals surface area contributed by atoms with Gasteiger partial charge in [0.2, 0.25) is 5.95 Å². The van der Waals surface area contributed by atoms with Crippen molar-refractivity contribution in [3.05, 3.63) is 48.3 Å². The van der Waals surface area contributed by atoms with Crippen LogP contribution in [0.5, 0.6) is 0 Å². The number of rotatable bonds is 9. The van der Waals surface area contributed by atoms with E-state index in [1.54, 1.807) is 26.4 Å². The van der Waals surface area contributed by atoms with Crippen LogP contribution in [0.2, 0.25) is 0 Å². The number of fused-ring (bicyclic) bond motifs is 1. The van der Waals surface area contributed by atoms with Crippen LogP contribution >= 0.6 is 0 Å². The zero-order valence-corrected chi connectivity index (χ0v) is 17.0. The summed E-state index contributed by atoms with van der Waals surface area (Å²) < 4.78 is 7.55. The molecule has 0 aromatic carbocycles. The largest absolute Gasteiger partial charge is 0.381 e. The number of hydrogen-bond acceptors (Lipinski definition) is 8. The molecule has 0 spiro atoms. The molecule has 3 aromatic rings. The number of nitrogens with zero attached hydrogens (tertiary/aromatic N) is 5. The zero-order valence-electron chi connectivity index (χ0n) is 17.0. The molecule has 3 N–H and O–H groups in total. The van der Waals surface area contributed by atoms with Gasteiger partial charge in [-0.05, 0) is 30.2 Å². The van der Waals surface area contributed by atoms with Crippen LogP contribution in [0.3, 0.4) is 0 Å². The number of anilines is 1. The van der Waals surface area contributed by atoms with E-state index in [-0.39, 0.29) is 6.10 Å². The summed E-state index contributed by atoms with van der Waals surface area (Å²) in [6.07, 6.45) is 7.21. The van der Waals surface area contributed by atoms with E-state index in [9.17, 15) is 0 Å². The fourth-order valence-electron chi connectivity index (χ4n) is 2.98. The summed E-state index contributed by atoms with van der Waals surface area (Å²) in [5, 5.41) is 21.8. The summed E-state index contributed by atoms with van der Waals surface area (Å²) in [6, 6.07) is 5.77. The molecule has 29 heavy (non-hydrogen) atoms. The number of nitrogens with one attached hydrogen (secondary N) is 3. The minimum absolute atomic E-state index is 0.0907. The average molecular weight is 394 g/mol. The Morgan fingerprint density at radius 2 is 2.14 bits per heavy atom. The molecule has 3 rings (SSSR count). The second-order valence-corrected chi connectivity index (χ2v) is 6.87. The molecule has 0 aliphatic heterocycles. The Bertz CT molecular complexity index is 1010. The first-order chi connectivity index (χ1) is 14.0. The van der Waals surface area contributed by atoms with Gasteiger partial charge in [0.05, 0.1) is 11.8 Å². The first-order valence-electron chi connectivity index (χ1n) is 9.41. The number of hydrogen-bond donors (Lipinski definition) is 3. The summed E-state index contributed by atoms with van der Waals surface area (Å²) in [6.45, 7) is 4.26. The summed E-state index contributed by atoms with van der Waals surface area (Å²) >= 11 is 0. The monoisotopic (exact) mass is 394 g/mol. The summed E-state index contributed by atoms with van der Waals surface area (Å²) in [5.41, 5.74) is 2.43. The molecule has 9 nitrogen and oxygen atoms in total. The van der Waals surface area contributed by atoms with Gasteiger partial charge < -0.3 is 20.8 Å². The molecular weight excluding hydrogens is 368 g/mol. The van der Waals surface area contributed by atoms with E-state index in [4.69, 9.17) is 10.1 Å². The van der Waals surface area contributed by atoms with E-state index in [1.807, 2.05) is 28.8 Å². The third kappa shape index (κ3) is 4.75. The van der Waals surface area contributed by atoms with Gasteiger partial charge in [0.15, 0.2) is 5.65 Å². The van der Waals surface area contributed by atoms with Crippen LogP contribution in [0.15, 0.2) is 42.5 Å². The van der Waals surface area contributed by atoms with E-state index in [0.717, 1.165) is 22.7 Å². The maximum absolute atomic E-state index is 7.19. The van der Waals surface area contributed by atoms with Crippen LogP contribution in [0, 0.1) is 11.3 Å². The van der Waals surface area contributed by atoms with E-state index in [1.165, 1.54) is 6.21 Å². The SMILES string of the molecule is CN/C(=C\C=N)Nc1nccc(-c2ccn3c(C[C@H](OC)C(C)C)nnc3c2)n1. The second kappa shape index (κ2) is 9.24. The standard InChI is InChI=1S/C20H26N8O/c1-13(2)16(29-4)12-19-27-26-18-11-14(7-10-28(18)19)15-6-9-23-20(24-15)25-17(22-3)5-8-21/h5-11,13,16,21-22H,12H2,1-4H3,(H,23,24,25)/b17-5+,21-8?/t16-/m0/s1. The third-order valence-electron chi connectivity index (χ3n) is 4.63. The molecule has 152 valence electrons. The van der Waals surface area contributed by atoms with Gasteiger partial charge in [-0.1, -0.05) is 13.8 Å². The number of ether oxygens (including phenoxy) is 1. The molecule has 0 bridgehead atoms. The van der Waals surface area contributed by atoms with E-state index in [2.05, 4.69) is 44.6 Å². The highest BCUT2D eigenvalue weighted by molar-refractivity contribution is 5.70. The van der Waals surface area contributed by atoms with E-state index in [0.29, 0.717) is 24.1 Å². The van der Waals surface area contributed by atoms with Crippen LogP contribution in [0.25, 0.3) is 16.9 Å². The Hall–Kier alpha value is -3.33. The molecule has 0 saturated heterocycles. The predicted molar refractivity (Wildman–Crippen MR) is 113 cm³/mol. The first kappa shape index (κ1) is 20.4. The number of methoxy groups -OCH3 is 1. The van der Waals surface area contributed by atoms with Crippen LogP contribution in [0.4, 0.5) is 5.95 Å². The maximum atomic E-state index is 7.19. The Morgan fingerprint density at radius 1 is 1.31 bits per heavy atom. The molecule has 3 heterocycles. The quantitative estimate of drug-likeness (QED) is 0.478. The van der Waals surface area contributed by atoms with Gasteiger partial charge >= 0.3 is 0 Å². The predicted octanol–water partition coefficient (Wildman–Crippen LogP) is 2.52. The molecule has 3 aromatic heterocycles. The van der Waals surface area contributed by atoms with Crippen molar-refractivity contribution in [2.45, 2.75) is 26.4 Å². The minimum Gasteiger partial charge on any atom is -0.381 e. The van der Waals surface area contributed by atoms with Crippen molar-refractivity contribution in [3.63, 3.8) is 0 Å². The third-order valence-corrected chi connectivity index (χ3v) is 4.63. The highest BCUT2D eigenvalue weighted by Crippen LogP contribution is 2.21. The fourth-order valence-corrected chi connectivity index (χ4v) is 2.98. The Kier molecular flexibility index (Phi) is 6.50. The number of pyridine rings is 1. The highest BCUT2D eigenvalue weighted by Gasteiger charge is 2.17. The first-order valence-corrected chi connectivity index (χ1v) is 9.41. The fraction of sp³-hybridized carbons (Fsp3) is 0.350. The Labute approximate surface area is 169 Å². The number of allylic oxidation sites excluding steroid dienone is 1. The Morgan fingerprint density at radius 3 is 2.83 bits per heavy atom. The van der Waals surface area contributed by atoms with Crippen molar-refractivity contribution in [1.82, 2.24) is 29.9 Å². The molecule has 0 saturated carbocycles. The van der Waals surface area contributed by atoms with Crippen molar-refractivity contribution < 1.29 is 4.74 Å². The Balaban J connectivity index is 1.87. The van der Waals surface area contributed by atoms with Crippen molar-refractivity contribution in [3.8, 4) is 11.3 Å². The van der Waals surface area contributed by atoms with Gasteiger partial charge in [0, 0.05) is 44.8 Å². The average Bonchev–Trinajstić information content (AvgIpc) is 3.13. The van der Waals surface area contributed by atoms with Crippen molar-refractivity contribution >= 4 is 17.8 Å². The lowest BCUT2D eigenvalue weighted by molar-refractivity contribution is 0.0636. The molecule has 9 heteroatoms. The van der Waals surface area contributed by atoms with Gasteiger partial charge in [-0.3, -0.25) is 4.40 Å². The maximum Gasteiger partial charge on any atom is 0.228 e. The van der Waals surface area contributed by atoms with E-state index >= 15 is 0 Å². The zero-order chi connectivity index (χ0) is 20.8. The van der Waals surface area contributed by atoms with Gasteiger partial charge in [-0.25, -0.2) is 9.97 Å². The number of aromatic nitrogens is 5. The second-order valence-electron chi connectivity index (χ2n) is 6.87. The lowest BCUT2D eigenvalue weighted by Gasteiger charge is -2.17. The lowest BCUT2D eigenvalue weighted by atomic mass is 10.0. The molecule has 0 radical (unpaired) electrons. The van der Waals surface area contributed by atoms with Crippen LogP contribution in [-0.4, -0.2) is 51.0 Å². The van der Waals surface area contributed by atoms with Crippen molar-refractivity contribution in [2.24, 2.45) is 5.92 Å². The van der Waals surface area contributed by atoms with Gasteiger partial charge in [0.1, 0.15) is 11.6 Å². The normalized spacial score (nSPS) is 12.9. The van der Waals surface area contributed by atoms with Crippen LogP contribution < -0.4 is 10.6 Å². The molecule has 1 atom stereocenters. The van der Waals surface area contributed by atoms with E-state index < -0.39 is 0 Å². The minimum atomic E-state index is 0.0907. The summed E-state index contributed by atoms with van der Waals surface area (Å²) in [4.78, 5) is 8.79. The van der Waals surface area contributed by atoms with Crippen LogP contribution in [0.1, 0.15) is 19.7 Å². The molecule has 0 aliphatic rings. The summed E-state index contributed by atoms with van der Waals surface area (Å²) in [5.74, 6) is 2.33.